The van der Waals surface area contributed by atoms with Crippen molar-refractivity contribution in [3.8, 4) is 11.5 Å². The maximum atomic E-state index is 12.6. The highest BCUT2D eigenvalue weighted by molar-refractivity contribution is 14.0. The number of halogens is 3. The van der Waals surface area contributed by atoms with E-state index < -0.39 is 6.61 Å². The Morgan fingerprint density at radius 3 is 2.64 bits per heavy atom. The molecular weight excluding hydrogens is 483 g/mol. The number of guanidine groups is 1. The lowest BCUT2D eigenvalue weighted by molar-refractivity contribution is -0.0504. The Bertz CT molecular complexity index is 600. The third-order valence-electron chi connectivity index (χ3n) is 4.42. The Hall–Kier alpha value is -1.36. The van der Waals surface area contributed by atoms with Crippen LogP contribution in [0.3, 0.4) is 0 Å². The maximum absolute atomic E-state index is 12.6. The van der Waals surface area contributed by atoms with E-state index >= 15 is 0 Å². The van der Waals surface area contributed by atoms with Crippen molar-refractivity contribution in [2.75, 3.05) is 27.3 Å². The van der Waals surface area contributed by atoms with Gasteiger partial charge in [0.2, 0.25) is 0 Å². The summed E-state index contributed by atoms with van der Waals surface area (Å²) in [5, 5.41) is 6.29. The highest BCUT2D eigenvalue weighted by atomic mass is 127. The standard InChI is InChI=1S/C19H29F2N3O3.HI/c1-22-19(23-10-5-11-26-15-6-3-4-7-15)24-13-14-12-16(25-2)8-9-17(14)27-18(20)21;/h8-9,12,15,18H,3-7,10-11,13H2,1-2H3,(H2,22,23,24);1H. The van der Waals surface area contributed by atoms with Crippen LogP contribution in [0.4, 0.5) is 8.78 Å². The molecule has 28 heavy (non-hydrogen) atoms. The summed E-state index contributed by atoms with van der Waals surface area (Å²) >= 11 is 0. The first-order chi connectivity index (χ1) is 13.1. The minimum atomic E-state index is -2.88. The van der Waals surface area contributed by atoms with Crippen molar-refractivity contribution in [2.24, 2.45) is 4.99 Å². The quantitative estimate of drug-likeness (QED) is 0.215. The normalized spacial score (nSPS) is 14.7. The van der Waals surface area contributed by atoms with Crippen molar-refractivity contribution in [3.63, 3.8) is 0 Å². The second-order valence-electron chi connectivity index (χ2n) is 6.34. The molecule has 0 heterocycles. The van der Waals surface area contributed by atoms with Crippen LogP contribution in [0.25, 0.3) is 0 Å². The van der Waals surface area contributed by atoms with Gasteiger partial charge in [-0.3, -0.25) is 4.99 Å². The first-order valence-electron chi connectivity index (χ1n) is 9.30. The van der Waals surface area contributed by atoms with Crippen molar-refractivity contribution in [3.05, 3.63) is 23.8 Å². The average Bonchev–Trinajstić information content (AvgIpc) is 3.18. The Labute approximate surface area is 182 Å². The van der Waals surface area contributed by atoms with E-state index in [2.05, 4.69) is 20.4 Å². The highest BCUT2D eigenvalue weighted by Crippen LogP contribution is 2.25. The summed E-state index contributed by atoms with van der Waals surface area (Å²) in [4.78, 5) is 4.14. The fourth-order valence-electron chi connectivity index (χ4n) is 3.02. The molecule has 0 radical (unpaired) electrons. The molecule has 6 nitrogen and oxygen atoms in total. The van der Waals surface area contributed by atoms with Gasteiger partial charge in [0.05, 0.1) is 13.2 Å². The summed E-state index contributed by atoms with van der Waals surface area (Å²) in [6.07, 6.45) is 6.15. The lowest BCUT2D eigenvalue weighted by Gasteiger charge is -2.16. The summed E-state index contributed by atoms with van der Waals surface area (Å²) in [7, 11) is 3.18. The zero-order valence-corrected chi connectivity index (χ0v) is 18.7. The van der Waals surface area contributed by atoms with Crippen LogP contribution in [-0.4, -0.2) is 46.0 Å². The smallest absolute Gasteiger partial charge is 0.387 e. The number of methoxy groups -OCH3 is 1. The summed E-state index contributed by atoms with van der Waals surface area (Å²) in [6, 6.07) is 4.71. The van der Waals surface area contributed by atoms with Crippen LogP contribution in [0.1, 0.15) is 37.7 Å². The van der Waals surface area contributed by atoms with E-state index in [4.69, 9.17) is 9.47 Å². The van der Waals surface area contributed by atoms with E-state index in [0.29, 0.717) is 29.9 Å². The number of hydrogen-bond donors (Lipinski definition) is 2. The van der Waals surface area contributed by atoms with Crippen molar-refractivity contribution in [1.82, 2.24) is 10.6 Å². The van der Waals surface area contributed by atoms with E-state index in [1.54, 1.807) is 19.2 Å². The molecule has 1 aliphatic rings. The molecule has 1 saturated carbocycles. The van der Waals surface area contributed by atoms with Gasteiger partial charge in [-0.1, -0.05) is 12.8 Å². The van der Waals surface area contributed by atoms with Crippen LogP contribution >= 0.6 is 24.0 Å². The zero-order chi connectivity index (χ0) is 19.5. The van der Waals surface area contributed by atoms with Gasteiger partial charge >= 0.3 is 6.61 Å². The third-order valence-corrected chi connectivity index (χ3v) is 4.42. The van der Waals surface area contributed by atoms with Gasteiger partial charge in [-0.15, -0.1) is 24.0 Å². The minimum Gasteiger partial charge on any atom is -0.497 e. The molecule has 1 aromatic carbocycles. The molecule has 1 fully saturated rings. The Morgan fingerprint density at radius 2 is 2.00 bits per heavy atom. The lowest BCUT2D eigenvalue weighted by atomic mass is 10.2. The number of nitrogens with zero attached hydrogens (tertiary/aromatic N) is 1. The molecule has 160 valence electrons. The zero-order valence-electron chi connectivity index (χ0n) is 16.4. The van der Waals surface area contributed by atoms with Crippen LogP contribution in [0, 0.1) is 0 Å². The Morgan fingerprint density at radius 1 is 1.25 bits per heavy atom. The Kier molecular flexibility index (Phi) is 12.1. The van der Waals surface area contributed by atoms with Crippen molar-refractivity contribution in [2.45, 2.75) is 51.4 Å². The maximum Gasteiger partial charge on any atom is 0.387 e. The summed E-state index contributed by atoms with van der Waals surface area (Å²) in [6.45, 7) is -1.17. The second-order valence-corrected chi connectivity index (χ2v) is 6.34. The number of hydrogen-bond acceptors (Lipinski definition) is 4. The largest absolute Gasteiger partial charge is 0.497 e. The number of aliphatic imine (C=N–C) groups is 1. The van der Waals surface area contributed by atoms with Gasteiger partial charge in [-0.2, -0.15) is 8.78 Å². The van der Waals surface area contributed by atoms with Gasteiger partial charge in [-0.25, -0.2) is 0 Å². The SMILES string of the molecule is CN=C(NCCCOC1CCCC1)NCc1cc(OC)ccc1OC(F)F.I. The summed E-state index contributed by atoms with van der Waals surface area (Å²) in [5.41, 5.74) is 0.558. The lowest BCUT2D eigenvalue weighted by Crippen LogP contribution is -2.37. The van der Waals surface area contributed by atoms with E-state index in [-0.39, 0.29) is 36.3 Å². The predicted molar refractivity (Wildman–Crippen MR) is 116 cm³/mol. The van der Waals surface area contributed by atoms with E-state index in [9.17, 15) is 8.78 Å². The minimum absolute atomic E-state index is 0. The van der Waals surface area contributed by atoms with Gasteiger partial charge < -0.3 is 24.8 Å². The van der Waals surface area contributed by atoms with Crippen molar-refractivity contribution < 1.29 is 23.0 Å². The molecule has 0 bridgehead atoms. The van der Waals surface area contributed by atoms with Gasteiger partial charge in [0.15, 0.2) is 5.96 Å². The van der Waals surface area contributed by atoms with Gasteiger partial charge in [0.25, 0.3) is 0 Å². The second kappa shape index (κ2) is 13.8. The highest BCUT2D eigenvalue weighted by Gasteiger charge is 2.15. The molecule has 2 N–H and O–H groups in total. The van der Waals surface area contributed by atoms with Crippen LogP contribution in [0.15, 0.2) is 23.2 Å². The first-order valence-corrected chi connectivity index (χ1v) is 9.30. The molecule has 1 aliphatic carbocycles. The molecule has 0 unspecified atom stereocenters. The van der Waals surface area contributed by atoms with E-state index in [1.807, 2.05) is 0 Å². The molecular formula is C19H30F2IN3O3. The molecule has 2 rings (SSSR count). The fourth-order valence-corrected chi connectivity index (χ4v) is 3.02. The van der Waals surface area contributed by atoms with Crippen molar-refractivity contribution >= 4 is 29.9 Å². The van der Waals surface area contributed by atoms with Crippen LogP contribution < -0.4 is 20.1 Å². The topological polar surface area (TPSA) is 64.1 Å². The fraction of sp³-hybridized carbons (Fsp3) is 0.632. The number of rotatable bonds is 10. The number of benzene rings is 1. The Balaban J connectivity index is 0.00000392. The first kappa shape index (κ1) is 24.7. The van der Waals surface area contributed by atoms with Gasteiger partial charge in [0, 0.05) is 32.3 Å². The van der Waals surface area contributed by atoms with Crippen molar-refractivity contribution in [1.29, 1.82) is 0 Å². The molecule has 0 amide bonds. The molecule has 0 saturated heterocycles. The van der Waals surface area contributed by atoms with E-state index in [0.717, 1.165) is 13.0 Å². The molecule has 9 heteroatoms. The third kappa shape index (κ3) is 8.76. The predicted octanol–water partition coefficient (Wildman–Crippen LogP) is 3.93. The van der Waals surface area contributed by atoms with E-state index in [1.165, 1.54) is 38.9 Å². The number of alkyl halides is 2. The van der Waals surface area contributed by atoms with Crippen LogP contribution in [0.2, 0.25) is 0 Å². The number of ether oxygens (including phenoxy) is 3. The van der Waals surface area contributed by atoms with Crippen LogP contribution in [-0.2, 0) is 11.3 Å². The average molecular weight is 513 g/mol. The monoisotopic (exact) mass is 513 g/mol. The van der Waals surface area contributed by atoms with Gasteiger partial charge in [0.1, 0.15) is 11.5 Å². The van der Waals surface area contributed by atoms with Crippen LogP contribution in [0.5, 0.6) is 11.5 Å². The summed E-state index contributed by atoms with van der Waals surface area (Å²) in [5.74, 6) is 1.26. The molecule has 1 aromatic rings. The molecule has 0 aliphatic heterocycles. The molecule has 0 atom stereocenters. The molecule has 0 aromatic heterocycles. The number of nitrogens with one attached hydrogen (secondary N) is 2. The van der Waals surface area contributed by atoms with Gasteiger partial charge in [-0.05, 0) is 37.5 Å². The molecule has 0 spiro atoms. The summed E-state index contributed by atoms with van der Waals surface area (Å²) < 4.78 is 40.7.